The van der Waals surface area contributed by atoms with Crippen molar-refractivity contribution in [2.75, 3.05) is 18.6 Å². The minimum absolute atomic E-state index is 0.113. The van der Waals surface area contributed by atoms with Gasteiger partial charge in [0, 0.05) is 7.05 Å². The van der Waals surface area contributed by atoms with E-state index in [1.54, 1.807) is 11.9 Å². The molecule has 0 unspecified atom stereocenters. The van der Waals surface area contributed by atoms with E-state index in [0.29, 0.717) is 0 Å². The molecule has 0 saturated heterocycles. The molecule has 0 fully saturated rings. The number of amides is 1. The maximum absolute atomic E-state index is 11.7. The Kier molecular flexibility index (Phi) is 2.36. The van der Waals surface area contributed by atoms with Crippen LogP contribution in [0.2, 0.25) is 0 Å². The van der Waals surface area contributed by atoms with Gasteiger partial charge in [-0.05, 0) is 24.6 Å². The van der Waals surface area contributed by atoms with Crippen molar-refractivity contribution in [3.8, 4) is 5.75 Å². The third-order valence-corrected chi connectivity index (χ3v) is 2.54. The molecule has 4 heteroatoms. The molecule has 0 aromatic heterocycles. The number of benzene rings is 1. The van der Waals surface area contributed by atoms with Crippen molar-refractivity contribution in [3.05, 3.63) is 23.8 Å². The minimum Gasteiger partial charge on any atom is -0.489 e. The molecule has 1 atom stereocenters. The molecule has 0 aliphatic carbocycles. The summed E-state index contributed by atoms with van der Waals surface area (Å²) in [5.41, 5.74) is 7.55. The summed E-state index contributed by atoms with van der Waals surface area (Å²) in [6.45, 7) is 2.22. The van der Waals surface area contributed by atoms with Crippen LogP contribution in [0.4, 0.5) is 5.69 Å². The van der Waals surface area contributed by atoms with E-state index in [0.717, 1.165) is 17.0 Å². The predicted octanol–water partition coefficient (Wildman–Crippen LogP) is 0.678. The monoisotopic (exact) mass is 206 g/mol. The Hall–Kier alpha value is -1.55. The number of hydrogen-bond donors (Lipinski definition) is 1. The van der Waals surface area contributed by atoms with Crippen LogP contribution in [0, 0.1) is 6.92 Å². The van der Waals surface area contributed by atoms with Gasteiger partial charge in [-0.15, -0.1) is 0 Å². The molecule has 15 heavy (non-hydrogen) atoms. The zero-order chi connectivity index (χ0) is 11.0. The first-order valence-corrected chi connectivity index (χ1v) is 4.86. The van der Waals surface area contributed by atoms with Gasteiger partial charge >= 0.3 is 0 Å². The molecule has 0 saturated carbocycles. The standard InChI is InChI=1S/C11H14N2O2/c1-7-3-4-9-10(5-7)15-6-8(12)11(14)13(9)2/h3-5,8H,6,12H2,1-2H3/t8-/m0/s1. The lowest BCUT2D eigenvalue weighted by Crippen LogP contribution is -2.43. The van der Waals surface area contributed by atoms with Gasteiger partial charge < -0.3 is 15.4 Å². The number of rotatable bonds is 0. The number of carbonyl (C=O) groups is 1. The molecule has 0 bridgehead atoms. The van der Waals surface area contributed by atoms with Crippen molar-refractivity contribution in [2.45, 2.75) is 13.0 Å². The summed E-state index contributed by atoms with van der Waals surface area (Å²) in [6, 6.07) is 5.16. The summed E-state index contributed by atoms with van der Waals surface area (Å²) >= 11 is 0. The van der Waals surface area contributed by atoms with Crippen molar-refractivity contribution in [1.29, 1.82) is 0 Å². The molecule has 2 N–H and O–H groups in total. The van der Waals surface area contributed by atoms with Crippen molar-refractivity contribution in [2.24, 2.45) is 5.73 Å². The molecule has 80 valence electrons. The van der Waals surface area contributed by atoms with Crippen LogP contribution in [0.15, 0.2) is 18.2 Å². The highest BCUT2D eigenvalue weighted by Crippen LogP contribution is 2.30. The highest BCUT2D eigenvalue weighted by molar-refractivity contribution is 5.98. The molecule has 1 aliphatic heterocycles. The van der Waals surface area contributed by atoms with Gasteiger partial charge in [0.1, 0.15) is 18.4 Å². The average molecular weight is 206 g/mol. The molecule has 1 heterocycles. The molecule has 1 aromatic carbocycles. The first kappa shape index (κ1) is 9.98. The van der Waals surface area contributed by atoms with Crippen LogP contribution >= 0.6 is 0 Å². The highest BCUT2D eigenvalue weighted by Gasteiger charge is 2.26. The molecule has 2 rings (SSSR count). The summed E-state index contributed by atoms with van der Waals surface area (Å²) in [5, 5.41) is 0. The predicted molar refractivity (Wildman–Crippen MR) is 58.1 cm³/mol. The Morgan fingerprint density at radius 3 is 3.00 bits per heavy atom. The van der Waals surface area contributed by atoms with Crippen LogP contribution in [0.1, 0.15) is 5.56 Å². The SMILES string of the molecule is Cc1ccc2c(c1)OC[C@H](N)C(=O)N2C. The lowest BCUT2D eigenvalue weighted by Gasteiger charge is -2.17. The fraction of sp³-hybridized carbons (Fsp3) is 0.364. The van der Waals surface area contributed by atoms with E-state index < -0.39 is 6.04 Å². The number of likely N-dealkylation sites (N-methyl/N-ethyl adjacent to an activating group) is 1. The smallest absolute Gasteiger partial charge is 0.247 e. The van der Waals surface area contributed by atoms with Gasteiger partial charge in [-0.3, -0.25) is 4.79 Å². The Labute approximate surface area is 88.6 Å². The maximum atomic E-state index is 11.7. The Morgan fingerprint density at radius 1 is 1.53 bits per heavy atom. The van der Waals surface area contributed by atoms with E-state index in [9.17, 15) is 4.79 Å². The number of nitrogens with two attached hydrogens (primary N) is 1. The van der Waals surface area contributed by atoms with Gasteiger partial charge in [0.2, 0.25) is 5.91 Å². The second-order valence-corrected chi connectivity index (χ2v) is 3.79. The number of hydrogen-bond acceptors (Lipinski definition) is 3. The second-order valence-electron chi connectivity index (χ2n) is 3.79. The van der Waals surface area contributed by atoms with Gasteiger partial charge in [-0.1, -0.05) is 6.07 Å². The Balaban J connectivity index is 2.47. The minimum atomic E-state index is -0.581. The molecule has 0 spiro atoms. The number of carbonyl (C=O) groups excluding carboxylic acids is 1. The molecule has 1 aliphatic rings. The summed E-state index contributed by atoms with van der Waals surface area (Å²) < 4.78 is 5.49. The van der Waals surface area contributed by atoms with Crippen molar-refractivity contribution in [1.82, 2.24) is 0 Å². The van der Waals surface area contributed by atoms with Crippen LogP contribution in [0.5, 0.6) is 5.75 Å². The van der Waals surface area contributed by atoms with E-state index in [4.69, 9.17) is 10.5 Å². The Morgan fingerprint density at radius 2 is 2.27 bits per heavy atom. The maximum Gasteiger partial charge on any atom is 0.247 e. The molecular weight excluding hydrogens is 192 g/mol. The van der Waals surface area contributed by atoms with Gasteiger partial charge in [0.15, 0.2) is 0 Å². The largest absolute Gasteiger partial charge is 0.489 e. The normalized spacial score (nSPS) is 20.6. The van der Waals surface area contributed by atoms with Crippen LogP contribution in [-0.2, 0) is 4.79 Å². The summed E-state index contributed by atoms with van der Waals surface area (Å²) in [6.07, 6.45) is 0. The highest BCUT2D eigenvalue weighted by atomic mass is 16.5. The topological polar surface area (TPSA) is 55.6 Å². The van der Waals surface area contributed by atoms with Gasteiger partial charge in [-0.25, -0.2) is 0 Å². The summed E-state index contributed by atoms with van der Waals surface area (Å²) in [4.78, 5) is 13.3. The lowest BCUT2D eigenvalue weighted by atomic mass is 10.2. The van der Waals surface area contributed by atoms with Gasteiger partial charge in [0.05, 0.1) is 5.69 Å². The number of fused-ring (bicyclic) bond motifs is 1. The Bertz CT molecular complexity index is 404. The van der Waals surface area contributed by atoms with Crippen LogP contribution < -0.4 is 15.4 Å². The lowest BCUT2D eigenvalue weighted by molar-refractivity contribution is -0.119. The number of ether oxygens (including phenoxy) is 1. The van der Waals surface area contributed by atoms with E-state index in [1.807, 2.05) is 25.1 Å². The van der Waals surface area contributed by atoms with Crippen molar-refractivity contribution >= 4 is 11.6 Å². The van der Waals surface area contributed by atoms with E-state index in [1.165, 1.54) is 0 Å². The molecule has 4 nitrogen and oxygen atoms in total. The fourth-order valence-corrected chi connectivity index (χ4v) is 1.63. The quantitative estimate of drug-likeness (QED) is 0.679. The van der Waals surface area contributed by atoms with Gasteiger partial charge in [-0.2, -0.15) is 0 Å². The third-order valence-electron chi connectivity index (χ3n) is 2.54. The number of aryl methyl sites for hydroxylation is 1. The molecule has 0 radical (unpaired) electrons. The average Bonchev–Trinajstić information content (AvgIpc) is 2.32. The van der Waals surface area contributed by atoms with Gasteiger partial charge in [0.25, 0.3) is 0 Å². The van der Waals surface area contributed by atoms with Crippen LogP contribution in [0.25, 0.3) is 0 Å². The first-order valence-electron chi connectivity index (χ1n) is 4.86. The fourth-order valence-electron chi connectivity index (χ4n) is 1.63. The second kappa shape index (κ2) is 3.55. The van der Waals surface area contributed by atoms with Crippen molar-refractivity contribution in [3.63, 3.8) is 0 Å². The molecular formula is C11H14N2O2. The zero-order valence-electron chi connectivity index (χ0n) is 8.86. The number of anilines is 1. The first-order chi connectivity index (χ1) is 7.09. The van der Waals surface area contributed by atoms with E-state index in [-0.39, 0.29) is 12.5 Å². The zero-order valence-corrected chi connectivity index (χ0v) is 8.86. The van der Waals surface area contributed by atoms with E-state index >= 15 is 0 Å². The van der Waals surface area contributed by atoms with E-state index in [2.05, 4.69) is 0 Å². The third kappa shape index (κ3) is 1.68. The molecule has 1 aromatic rings. The van der Waals surface area contributed by atoms with Crippen LogP contribution in [0.3, 0.4) is 0 Å². The summed E-state index contributed by atoms with van der Waals surface area (Å²) in [7, 11) is 1.71. The number of nitrogens with zero attached hydrogens (tertiary/aromatic N) is 1. The molecule has 1 amide bonds. The summed E-state index contributed by atoms with van der Waals surface area (Å²) in [5.74, 6) is 0.608. The van der Waals surface area contributed by atoms with Crippen molar-refractivity contribution < 1.29 is 9.53 Å². The van der Waals surface area contributed by atoms with Crippen LogP contribution in [-0.4, -0.2) is 25.6 Å².